The highest BCUT2D eigenvalue weighted by molar-refractivity contribution is 5.83. The molecule has 1 aliphatic heterocycles. The number of hydrogen-bond acceptors (Lipinski definition) is 5. The predicted octanol–water partition coefficient (Wildman–Crippen LogP) is 1.71. The van der Waals surface area contributed by atoms with Gasteiger partial charge < -0.3 is 4.90 Å². The number of hydrogen-bond donors (Lipinski definition) is 1. The SMILES string of the molecule is Cc1cc(=O)n2[nH]c(C3CCCN3C(=O)Cn3nc(C)c4ccccc4c3=O)cc2n1. The van der Waals surface area contributed by atoms with Crippen LogP contribution >= 0.6 is 0 Å². The van der Waals surface area contributed by atoms with Gasteiger partial charge in [-0.1, -0.05) is 18.2 Å². The first kappa shape index (κ1) is 19.2. The Balaban J connectivity index is 1.47. The summed E-state index contributed by atoms with van der Waals surface area (Å²) in [4.78, 5) is 44.4. The molecule has 1 atom stereocenters. The van der Waals surface area contributed by atoms with Crippen LogP contribution in [0.4, 0.5) is 0 Å². The van der Waals surface area contributed by atoms with Crippen molar-refractivity contribution in [2.75, 3.05) is 6.54 Å². The largest absolute Gasteiger partial charge is 0.332 e. The zero-order chi connectivity index (χ0) is 21.7. The molecule has 1 aromatic carbocycles. The van der Waals surface area contributed by atoms with Crippen molar-refractivity contribution in [3.8, 4) is 0 Å². The van der Waals surface area contributed by atoms with Crippen LogP contribution in [0.25, 0.3) is 16.4 Å². The molecular weight excluding hydrogens is 396 g/mol. The average Bonchev–Trinajstić information content (AvgIpc) is 3.39. The van der Waals surface area contributed by atoms with Gasteiger partial charge in [0.05, 0.1) is 22.8 Å². The van der Waals surface area contributed by atoms with Crippen molar-refractivity contribution >= 4 is 22.3 Å². The van der Waals surface area contributed by atoms with Gasteiger partial charge in [0.2, 0.25) is 5.91 Å². The highest BCUT2D eigenvalue weighted by atomic mass is 16.2. The number of H-pyrrole nitrogens is 1. The van der Waals surface area contributed by atoms with E-state index in [2.05, 4.69) is 15.2 Å². The van der Waals surface area contributed by atoms with Crippen LogP contribution in [-0.2, 0) is 11.3 Å². The highest BCUT2D eigenvalue weighted by Crippen LogP contribution is 2.31. The number of carbonyl (C=O) groups is 1. The Morgan fingerprint density at radius 3 is 2.74 bits per heavy atom. The fourth-order valence-corrected chi connectivity index (χ4v) is 4.42. The molecule has 0 aliphatic carbocycles. The smallest absolute Gasteiger partial charge is 0.275 e. The quantitative estimate of drug-likeness (QED) is 0.545. The van der Waals surface area contributed by atoms with Crippen LogP contribution in [0.2, 0.25) is 0 Å². The Kier molecular flexibility index (Phi) is 4.46. The molecule has 1 N–H and O–H groups in total. The van der Waals surface area contributed by atoms with Crippen LogP contribution in [0.15, 0.2) is 46.0 Å². The van der Waals surface area contributed by atoms with Gasteiger partial charge in [0.1, 0.15) is 6.54 Å². The molecule has 5 rings (SSSR count). The minimum absolute atomic E-state index is 0.126. The number of aromatic amines is 1. The van der Waals surface area contributed by atoms with Gasteiger partial charge in [0, 0.05) is 29.8 Å². The van der Waals surface area contributed by atoms with Gasteiger partial charge in [-0.05, 0) is 32.8 Å². The Labute approximate surface area is 176 Å². The van der Waals surface area contributed by atoms with Crippen LogP contribution in [-0.4, -0.2) is 41.7 Å². The number of likely N-dealkylation sites (tertiary alicyclic amines) is 1. The number of nitrogens with one attached hydrogen (secondary N) is 1. The minimum atomic E-state index is -0.276. The molecule has 3 aromatic heterocycles. The molecule has 1 fully saturated rings. The topological polar surface area (TPSA) is 105 Å². The van der Waals surface area contributed by atoms with Gasteiger partial charge in [0.15, 0.2) is 5.65 Å². The number of aryl methyl sites for hydroxylation is 2. The van der Waals surface area contributed by atoms with Crippen molar-refractivity contribution < 1.29 is 4.79 Å². The third-order valence-corrected chi connectivity index (χ3v) is 5.87. The number of nitrogens with zero attached hydrogens (tertiary/aromatic N) is 5. The van der Waals surface area contributed by atoms with Crippen LogP contribution in [0.5, 0.6) is 0 Å². The summed E-state index contributed by atoms with van der Waals surface area (Å²) in [6, 6.07) is 10.4. The highest BCUT2D eigenvalue weighted by Gasteiger charge is 2.32. The van der Waals surface area contributed by atoms with Crippen molar-refractivity contribution in [3.63, 3.8) is 0 Å². The van der Waals surface area contributed by atoms with Crippen LogP contribution < -0.4 is 11.1 Å². The van der Waals surface area contributed by atoms with Gasteiger partial charge in [-0.15, -0.1) is 0 Å². The molecule has 1 saturated heterocycles. The third-order valence-electron chi connectivity index (χ3n) is 5.87. The lowest BCUT2D eigenvalue weighted by atomic mass is 10.1. The van der Waals surface area contributed by atoms with Gasteiger partial charge in [-0.25, -0.2) is 14.2 Å². The second-order valence-electron chi connectivity index (χ2n) is 7.98. The van der Waals surface area contributed by atoms with Crippen molar-refractivity contribution in [2.24, 2.45) is 0 Å². The molecule has 9 heteroatoms. The van der Waals surface area contributed by atoms with E-state index in [0.29, 0.717) is 29.0 Å². The Morgan fingerprint density at radius 2 is 1.94 bits per heavy atom. The van der Waals surface area contributed by atoms with Gasteiger partial charge in [-0.3, -0.25) is 19.5 Å². The first-order chi connectivity index (χ1) is 14.9. The summed E-state index contributed by atoms with van der Waals surface area (Å²) in [5.41, 5.74) is 2.18. The Bertz CT molecular complexity index is 1450. The summed E-state index contributed by atoms with van der Waals surface area (Å²) in [5.74, 6) is -0.179. The van der Waals surface area contributed by atoms with E-state index >= 15 is 0 Å². The van der Waals surface area contributed by atoms with E-state index in [1.807, 2.05) is 25.1 Å². The summed E-state index contributed by atoms with van der Waals surface area (Å²) in [6.07, 6.45) is 1.61. The summed E-state index contributed by atoms with van der Waals surface area (Å²) in [7, 11) is 0. The molecule has 4 aromatic rings. The van der Waals surface area contributed by atoms with Crippen LogP contribution in [0.1, 0.15) is 36.0 Å². The van der Waals surface area contributed by atoms with E-state index in [-0.39, 0.29) is 29.6 Å². The molecule has 1 aliphatic rings. The lowest BCUT2D eigenvalue weighted by Gasteiger charge is -2.24. The van der Waals surface area contributed by atoms with Crippen molar-refractivity contribution in [1.29, 1.82) is 0 Å². The van der Waals surface area contributed by atoms with Gasteiger partial charge >= 0.3 is 0 Å². The lowest BCUT2D eigenvalue weighted by Crippen LogP contribution is -2.37. The van der Waals surface area contributed by atoms with E-state index in [4.69, 9.17) is 0 Å². The predicted molar refractivity (Wildman–Crippen MR) is 115 cm³/mol. The molecule has 1 amide bonds. The zero-order valence-corrected chi connectivity index (χ0v) is 17.3. The molecule has 0 radical (unpaired) electrons. The molecule has 0 saturated carbocycles. The number of benzene rings is 1. The number of rotatable bonds is 3. The second-order valence-corrected chi connectivity index (χ2v) is 7.98. The van der Waals surface area contributed by atoms with E-state index in [1.54, 1.807) is 24.0 Å². The van der Waals surface area contributed by atoms with Crippen LogP contribution in [0.3, 0.4) is 0 Å². The molecule has 158 valence electrons. The Hall–Kier alpha value is -3.75. The molecule has 4 heterocycles. The summed E-state index contributed by atoms with van der Waals surface area (Å²) < 4.78 is 2.64. The number of fused-ring (bicyclic) bond motifs is 2. The van der Waals surface area contributed by atoms with E-state index in [0.717, 1.165) is 23.9 Å². The van der Waals surface area contributed by atoms with E-state index < -0.39 is 0 Å². The fourth-order valence-electron chi connectivity index (χ4n) is 4.42. The van der Waals surface area contributed by atoms with Gasteiger partial charge in [-0.2, -0.15) is 5.10 Å². The third kappa shape index (κ3) is 3.22. The normalized spacial score (nSPS) is 16.5. The maximum Gasteiger partial charge on any atom is 0.275 e. The molecule has 31 heavy (non-hydrogen) atoms. The van der Waals surface area contributed by atoms with Crippen molar-refractivity contribution in [3.05, 3.63) is 74.2 Å². The average molecular weight is 418 g/mol. The monoisotopic (exact) mass is 418 g/mol. The first-order valence-electron chi connectivity index (χ1n) is 10.3. The van der Waals surface area contributed by atoms with Gasteiger partial charge in [0.25, 0.3) is 11.1 Å². The molecule has 9 nitrogen and oxygen atoms in total. The van der Waals surface area contributed by atoms with E-state index in [9.17, 15) is 14.4 Å². The van der Waals surface area contributed by atoms with Crippen molar-refractivity contribution in [1.82, 2.24) is 29.3 Å². The maximum absolute atomic E-state index is 13.2. The maximum atomic E-state index is 13.2. The lowest BCUT2D eigenvalue weighted by molar-refractivity contribution is -0.133. The van der Waals surface area contributed by atoms with Crippen molar-refractivity contribution in [2.45, 2.75) is 39.3 Å². The number of aromatic nitrogens is 5. The first-order valence-corrected chi connectivity index (χ1v) is 10.3. The summed E-state index contributed by atoms with van der Waals surface area (Å²) >= 11 is 0. The molecule has 0 bridgehead atoms. The molecular formula is C22H22N6O3. The standard InChI is InChI=1S/C22H22N6O3/c1-13-10-20(29)28-19(23-13)11-17(25-28)18-8-5-9-26(18)21(30)12-27-22(31)16-7-4-3-6-15(16)14(2)24-27/h3-4,6-7,10-11,18,25H,5,8-9,12H2,1-2H3. The Morgan fingerprint density at radius 1 is 1.16 bits per heavy atom. The second kappa shape index (κ2) is 7.19. The minimum Gasteiger partial charge on any atom is -0.332 e. The zero-order valence-electron chi connectivity index (χ0n) is 17.3. The number of amides is 1. The fraction of sp³-hybridized carbons (Fsp3) is 0.318. The summed E-state index contributed by atoms with van der Waals surface area (Å²) in [6.45, 7) is 4.06. The summed E-state index contributed by atoms with van der Waals surface area (Å²) in [5, 5.41) is 8.80. The van der Waals surface area contributed by atoms with E-state index in [1.165, 1.54) is 15.3 Å². The molecule has 1 unspecified atom stereocenters. The molecule has 0 spiro atoms. The number of carbonyl (C=O) groups excluding carboxylic acids is 1. The van der Waals surface area contributed by atoms with Crippen LogP contribution in [0, 0.1) is 13.8 Å².